The summed E-state index contributed by atoms with van der Waals surface area (Å²) in [6.45, 7) is 3.26. The monoisotopic (exact) mass is 427 g/mol. The van der Waals surface area contributed by atoms with Crippen molar-refractivity contribution in [1.29, 1.82) is 0 Å². The van der Waals surface area contributed by atoms with Crippen LogP contribution in [0.25, 0.3) is 0 Å². The number of carbonyl (C=O) groups is 1. The molecule has 1 fully saturated rings. The Hall–Kier alpha value is -3.13. The Kier molecular flexibility index (Phi) is 5.85. The molecule has 8 nitrogen and oxygen atoms in total. The van der Waals surface area contributed by atoms with Gasteiger partial charge in [0, 0.05) is 25.1 Å². The van der Waals surface area contributed by atoms with E-state index in [1.54, 1.807) is 24.0 Å². The van der Waals surface area contributed by atoms with E-state index in [2.05, 4.69) is 15.3 Å². The molecule has 3 aromatic rings. The average Bonchev–Trinajstić information content (AvgIpc) is 3.39. The minimum absolute atomic E-state index is 0.0509. The van der Waals surface area contributed by atoms with E-state index < -0.39 is 0 Å². The van der Waals surface area contributed by atoms with Crippen LogP contribution < -0.4 is 10.3 Å². The highest BCUT2D eigenvalue weighted by Crippen LogP contribution is 2.27. The fourth-order valence-corrected chi connectivity index (χ4v) is 3.69. The van der Waals surface area contributed by atoms with Gasteiger partial charge in [-0.15, -0.1) is 0 Å². The minimum atomic E-state index is -0.278. The van der Waals surface area contributed by atoms with Gasteiger partial charge in [0.15, 0.2) is 0 Å². The van der Waals surface area contributed by atoms with Crippen LogP contribution >= 0.6 is 11.6 Å². The fraction of sp³-hybridized carbons (Fsp3) is 0.333. The molecule has 0 radical (unpaired) electrons. The number of rotatable bonds is 6. The van der Waals surface area contributed by atoms with E-state index >= 15 is 0 Å². The Morgan fingerprint density at radius 2 is 2.13 bits per heavy atom. The number of aromatic nitrogens is 4. The molecule has 30 heavy (non-hydrogen) atoms. The number of H-pyrrole nitrogens is 1. The van der Waals surface area contributed by atoms with Crippen LogP contribution in [-0.4, -0.2) is 43.9 Å². The van der Waals surface area contributed by atoms with Crippen LogP contribution in [0.4, 0.5) is 0 Å². The zero-order valence-corrected chi connectivity index (χ0v) is 17.3. The zero-order valence-electron chi connectivity index (χ0n) is 16.5. The number of aromatic amines is 1. The number of hydrogen-bond donors (Lipinski definition) is 1. The average molecular weight is 428 g/mol. The van der Waals surface area contributed by atoms with Crippen LogP contribution in [0.5, 0.6) is 5.75 Å². The van der Waals surface area contributed by atoms with Crippen molar-refractivity contribution in [2.45, 2.75) is 32.4 Å². The second-order valence-electron chi connectivity index (χ2n) is 7.33. The van der Waals surface area contributed by atoms with E-state index in [1.807, 2.05) is 24.3 Å². The van der Waals surface area contributed by atoms with Crippen LogP contribution in [-0.2, 0) is 17.9 Å². The number of nitrogens with one attached hydrogen (secondary N) is 1. The van der Waals surface area contributed by atoms with Gasteiger partial charge in [-0.1, -0.05) is 23.7 Å². The zero-order chi connectivity index (χ0) is 21.1. The van der Waals surface area contributed by atoms with Crippen molar-refractivity contribution < 1.29 is 9.53 Å². The number of halogens is 1. The first-order valence-corrected chi connectivity index (χ1v) is 10.1. The molecule has 1 aliphatic rings. The van der Waals surface area contributed by atoms with Crippen LogP contribution in [0, 0.1) is 6.92 Å². The lowest BCUT2D eigenvalue weighted by molar-refractivity contribution is -0.131. The molecule has 3 heterocycles. The minimum Gasteiger partial charge on any atom is -0.486 e. The summed E-state index contributed by atoms with van der Waals surface area (Å²) in [5.41, 5.74) is 2.16. The Balaban J connectivity index is 1.34. The topological polar surface area (TPSA) is 93.1 Å². The number of nitrogens with zero attached hydrogens (tertiary/aromatic N) is 4. The molecule has 4 rings (SSSR count). The smallest absolute Gasteiger partial charge is 0.267 e. The number of para-hydroxylation sites is 1. The summed E-state index contributed by atoms with van der Waals surface area (Å²) in [4.78, 5) is 26.3. The highest BCUT2D eigenvalue weighted by Gasteiger charge is 2.29. The van der Waals surface area contributed by atoms with Crippen molar-refractivity contribution in [2.75, 3.05) is 13.1 Å². The second-order valence-corrected chi connectivity index (χ2v) is 7.74. The van der Waals surface area contributed by atoms with E-state index in [4.69, 9.17) is 16.3 Å². The number of carbonyl (C=O) groups excluding carboxylic acids is 1. The Morgan fingerprint density at radius 3 is 2.97 bits per heavy atom. The van der Waals surface area contributed by atoms with Crippen molar-refractivity contribution in [3.8, 4) is 5.75 Å². The number of aryl methyl sites for hydroxylation is 1. The van der Waals surface area contributed by atoms with E-state index in [1.165, 1.54) is 10.7 Å². The standard InChI is InChI=1S/C21H22ClN5O3/c1-14-6-7-20(28)27(25-14)12-21(29)26-9-8-15(11-26)18-10-16(23-24-18)13-30-19-5-3-2-4-17(19)22/h2-7,10,15H,8-9,11-13H2,1H3,(H,23,24). The Morgan fingerprint density at radius 1 is 1.30 bits per heavy atom. The maximum absolute atomic E-state index is 12.6. The van der Waals surface area contributed by atoms with Crippen molar-refractivity contribution in [3.63, 3.8) is 0 Å². The van der Waals surface area contributed by atoms with E-state index in [0.29, 0.717) is 36.2 Å². The van der Waals surface area contributed by atoms with E-state index in [-0.39, 0.29) is 23.9 Å². The molecule has 1 N–H and O–H groups in total. The lowest BCUT2D eigenvalue weighted by atomic mass is 10.1. The van der Waals surface area contributed by atoms with Gasteiger partial charge in [-0.3, -0.25) is 14.7 Å². The summed E-state index contributed by atoms with van der Waals surface area (Å²) in [6, 6.07) is 12.3. The predicted molar refractivity (Wildman–Crippen MR) is 112 cm³/mol. The maximum Gasteiger partial charge on any atom is 0.267 e. The molecule has 1 saturated heterocycles. The third kappa shape index (κ3) is 4.54. The fourth-order valence-electron chi connectivity index (χ4n) is 3.50. The number of likely N-dealkylation sites (tertiary alicyclic amines) is 1. The van der Waals surface area contributed by atoms with Gasteiger partial charge in [0.05, 0.1) is 22.1 Å². The lowest BCUT2D eigenvalue weighted by Gasteiger charge is -2.16. The first-order chi connectivity index (χ1) is 14.5. The summed E-state index contributed by atoms with van der Waals surface area (Å²) >= 11 is 6.11. The molecule has 9 heteroatoms. The molecule has 2 aromatic heterocycles. The predicted octanol–water partition coefficient (Wildman–Crippen LogP) is 2.52. The number of amides is 1. The molecular formula is C21H22ClN5O3. The lowest BCUT2D eigenvalue weighted by Crippen LogP contribution is -2.36. The number of benzene rings is 1. The highest BCUT2D eigenvalue weighted by molar-refractivity contribution is 6.32. The number of ether oxygens (including phenoxy) is 1. The van der Waals surface area contributed by atoms with Gasteiger partial charge in [0.1, 0.15) is 18.9 Å². The molecular weight excluding hydrogens is 406 g/mol. The van der Waals surface area contributed by atoms with Gasteiger partial charge in [0.2, 0.25) is 5.91 Å². The van der Waals surface area contributed by atoms with E-state index in [0.717, 1.165) is 17.8 Å². The van der Waals surface area contributed by atoms with Crippen LogP contribution in [0.2, 0.25) is 5.02 Å². The normalized spacial score (nSPS) is 16.1. The van der Waals surface area contributed by atoms with Crippen LogP contribution in [0.1, 0.15) is 29.4 Å². The Labute approximate surface area is 178 Å². The number of hydrogen-bond acceptors (Lipinski definition) is 5. The summed E-state index contributed by atoms with van der Waals surface area (Å²) in [7, 11) is 0. The quantitative estimate of drug-likeness (QED) is 0.652. The molecule has 0 aliphatic carbocycles. The molecule has 1 aliphatic heterocycles. The largest absolute Gasteiger partial charge is 0.486 e. The van der Waals surface area contributed by atoms with Gasteiger partial charge < -0.3 is 9.64 Å². The van der Waals surface area contributed by atoms with Crippen molar-refractivity contribution in [2.24, 2.45) is 0 Å². The highest BCUT2D eigenvalue weighted by atomic mass is 35.5. The van der Waals surface area contributed by atoms with Gasteiger partial charge in [-0.25, -0.2) is 4.68 Å². The van der Waals surface area contributed by atoms with Gasteiger partial charge in [0.25, 0.3) is 5.56 Å². The molecule has 1 unspecified atom stereocenters. The summed E-state index contributed by atoms with van der Waals surface area (Å²) in [6.07, 6.45) is 0.817. The van der Waals surface area contributed by atoms with Crippen molar-refractivity contribution in [1.82, 2.24) is 24.9 Å². The summed E-state index contributed by atoms with van der Waals surface area (Å²) in [5.74, 6) is 0.643. The van der Waals surface area contributed by atoms with Crippen LogP contribution in [0.3, 0.4) is 0 Å². The second kappa shape index (κ2) is 8.71. The summed E-state index contributed by atoms with van der Waals surface area (Å²) in [5, 5.41) is 12.1. The first kappa shape index (κ1) is 20.2. The third-order valence-electron chi connectivity index (χ3n) is 5.11. The molecule has 0 saturated carbocycles. The van der Waals surface area contributed by atoms with Gasteiger partial charge >= 0.3 is 0 Å². The van der Waals surface area contributed by atoms with E-state index in [9.17, 15) is 9.59 Å². The molecule has 0 bridgehead atoms. The van der Waals surface area contributed by atoms with Crippen LogP contribution in [0.15, 0.2) is 47.3 Å². The first-order valence-electron chi connectivity index (χ1n) is 9.73. The molecule has 1 amide bonds. The van der Waals surface area contributed by atoms with Crippen molar-refractivity contribution in [3.05, 3.63) is 74.9 Å². The molecule has 1 atom stereocenters. The van der Waals surface area contributed by atoms with Gasteiger partial charge in [-0.05, 0) is 37.6 Å². The molecule has 1 aromatic carbocycles. The SMILES string of the molecule is Cc1ccc(=O)n(CC(=O)N2CCC(c3cc(COc4ccccc4Cl)[nH]n3)C2)n1. The third-order valence-corrected chi connectivity index (χ3v) is 5.43. The Bertz CT molecular complexity index is 1110. The molecule has 156 valence electrons. The van der Waals surface area contributed by atoms with Gasteiger partial charge in [-0.2, -0.15) is 10.2 Å². The summed E-state index contributed by atoms with van der Waals surface area (Å²) < 4.78 is 6.95. The molecule has 0 spiro atoms. The maximum atomic E-state index is 12.6. The van der Waals surface area contributed by atoms with Crippen molar-refractivity contribution >= 4 is 17.5 Å².